The van der Waals surface area contributed by atoms with Gasteiger partial charge in [-0.1, -0.05) is 11.8 Å². The van der Waals surface area contributed by atoms with E-state index in [2.05, 4.69) is 0 Å². The van der Waals surface area contributed by atoms with Crippen LogP contribution in [0.3, 0.4) is 0 Å². The average molecular weight is 168 g/mol. The van der Waals surface area contributed by atoms with Gasteiger partial charge in [0.05, 0.1) is 0 Å². The van der Waals surface area contributed by atoms with Crippen LogP contribution in [-0.4, -0.2) is 10.2 Å². The van der Waals surface area contributed by atoms with Crippen molar-refractivity contribution in [3.8, 4) is 5.75 Å². The lowest BCUT2D eigenvalue weighted by Crippen LogP contribution is -1.79. The number of hydrogen-bond acceptors (Lipinski definition) is 3. The highest BCUT2D eigenvalue weighted by molar-refractivity contribution is 8.13. The van der Waals surface area contributed by atoms with Crippen LogP contribution in [0.4, 0.5) is 0 Å². The molecule has 0 aliphatic carbocycles. The summed E-state index contributed by atoms with van der Waals surface area (Å²) in [4.78, 5) is 11.5. The van der Waals surface area contributed by atoms with E-state index in [0.717, 1.165) is 16.7 Å². The van der Waals surface area contributed by atoms with Gasteiger partial charge in [-0.3, -0.25) is 4.79 Å². The molecule has 1 aromatic carbocycles. The van der Waals surface area contributed by atoms with Crippen LogP contribution < -0.4 is 0 Å². The van der Waals surface area contributed by atoms with E-state index in [0.29, 0.717) is 0 Å². The van der Waals surface area contributed by atoms with Gasteiger partial charge >= 0.3 is 0 Å². The van der Waals surface area contributed by atoms with Crippen molar-refractivity contribution < 1.29 is 9.90 Å². The molecule has 0 aromatic heterocycles. The summed E-state index contributed by atoms with van der Waals surface area (Å²) in [6.45, 7) is 1.51. The van der Waals surface area contributed by atoms with E-state index in [-0.39, 0.29) is 10.9 Å². The van der Waals surface area contributed by atoms with E-state index in [1.165, 1.54) is 6.92 Å². The fraction of sp³-hybridized carbons (Fsp3) is 0.125. The number of thioether (sulfide) groups is 1. The van der Waals surface area contributed by atoms with Gasteiger partial charge in [0.2, 0.25) is 0 Å². The minimum absolute atomic E-state index is 0.0516. The third-order valence-electron chi connectivity index (χ3n) is 1.10. The van der Waals surface area contributed by atoms with Crippen LogP contribution in [0.2, 0.25) is 0 Å². The number of phenolic OH excluding ortho intramolecular Hbond substituents is 1. The molecule has 1 rings (SSSR count). The van der Waals surface area contributed by atoms with Crippen molar-refractivity contribution in [3.05, 3.63) is 24.3 Å². The van der Waals surface area contributed by atoms with Gasteiger partial charge in [0.15, 0.2) is 5.12 Å². The zero-order chi connectivity index (χ0) is 8.27. The highest BCUT2D eigenvalue weighted by atomic mass is 32.2. The summed E-state index contributed by atoms with van der Waals surface area (Å²) < 4.78 is 0. The quantitative estimate of drug-likeness (QED) is 0.652. The highest BCUT2D eigenvalue weighted by Gasteiger charge is 1.96. The van der Waals surface area contributed by atoms with Crippen LogP contribution in [-0.2, 0) is 4.79 Å². The maximum atomic E-state index is 10.6. The molecule has 0 saturated carbocycles. The molecule has 1 N–H and O–H groups in total. The van der Waals surface area contributed by atoms with Crippen molar-refractivity contribution in [2.45, 2.75) is 11.8 Å². The summed E-state index contributed by atoms with van der Waals surface area (Å²) in [6.07, 6.45) is 0. The van der Waals surface area contributed by atoms with Gasteiger partial charge < -0.3 is 5.11 Å². The van der Waals surface area contributed by atoms with Gasteiger partial charge in [-0.05, 0) is 24.3 Å². The highest BCUT2D eigenvalue weighted by Crippen LogP contribution is 2.20. The van der Waals surface area contributed by atoms with Crippen LogP contribution in [0.15, 0.2) is 29.2 Å². The average Bonchev–Trinajstić information content (AvgIpc) is 1.93. The van der Waals surface area contributed by atoms with Gasteiger partial charge in [0.25, 0.3) is 0 Å². The van der Waals surface area contributed by atoms with E-state index >= 15 is 0 Å². The van der Waals surface area contributed by atoms with Gasteiger partial charge in [-0.15, -0.1) is 0 Å². The monoisotopic (exact) mass is 168 g/mol. The second kappa shape index (κ2) is 3.44. The molecule has 2 nitrogen and oxygen atoms in total. The lowest BCUT2D eigenvalue weighted by atomic mass is 10.3. The van der Waals surface area contributed by atoms with Crippen LogP contribution >= 0.6 is 11.8 Å². The Morgan fingerprint density at radius 1 is 1.36 bits per heavy atom. The molecule has 0 heterocycles. The van der Waals surface area contributed by atoms with Crippen LogP contribution in [0, 0.1) is 0 Å². The van der Waals surface area contributed by atoms with E-state index in [1.54, 1.807) is 24.3 Å². The normalized spacial score (nSPS) is 9.55. The first-order valence-electron chi connectivity index (χ1n) is 3.16. The molecule has 0 radical (unpaired) electrons. The maximum Gasteiger partial charge on any atom is 0.190 e. The van der Waals surface area contributed by atoms with E-state index in [1.807, 2.05) is 0 Å². The Hall–Kier alpha value is -0.960. The molecule has 0 spiro atoms. The number of benzene rings is 1. The predicted molar refractivity (Wildman–Crippen MR) is 44.6 cm³/mol. The third-order valence-corrected chi connectivity index (χ3v) is 1.89. The zero-order valence-corrected chi connectivity index (χ0v) is 6.89. The molecule has 0 fully saturated rings. The summed E-state index contributed by atoms with van der Waals surface area (Å²) in [5.74, 6) is 0.220. The molecule has 0 atom stereocenters. The van der Waals surface area contributed by atoms with Gasteiger partial charge in [0.1, 0.15) is 5.75 Å². The minimum Gasteiger partial charge on any atom is -0.508 e. The zero-order valence-electron chi connectivity index (χ0n) is 6.07. The molecule has 0 amide bonds. The van der Waals surface area contributed by atoms with Crippen molar-refractivity contribution in [2.75, 3.05) is 0 Å². The number of phenols is 1. The number of carbonyl (C=O) groups is 1. The summed E-state index contributed by atoms with van der Waals surface area (Å²) in [5, 5.41) is 8.95. The minimum atomic E-state index is 0.0516. The molecule has 11 heavy (non-hydrogen) atoms. The summed E-state index contributed by atoms with van der Waals surface area (Å²) in [5.41, 5.74) is 0. The smallest absolute Gasteiger partial charge is 0.190 e. The molecule has 58 valence electrons. The van der Waals surface area contributed by atoms with Crippen molar-refractivity contribution in [1.82, 2.24) is 0 Å². The fourth-order valence-electron chi connectivity index (χ4n) is 0.680. The summed E-state index contributed by atoms with van der Waals surface area (Å²) in [7, 11) is 0. The molecule has 0 aliphatic heterocycles. The van der Waals surface area contributed by atoms with Crippen LogP contribution in [0.1, 0.15) is 6.92 Å². The van der Waals surface area contributed by atoms with Gasteiger partial charge in [-0.25, -0.2) is 0 Å². The topological polar surface area (TPSA) is 37.3 Å². The van der Waals surface area contributed by atoms with Gasteiger partial charge in [-0.2, -0.15) is 0 Å². The predicted octanol–water partition coefficient (Wildman–Crippen LogP) is 2.03. The van der Waals surface area contributed by atoms with Crippen LogP contribution in [0.5, 0.6) is 5.75 Å². The Kier molecular flexibility index (Phi) is 2.54. The fourth-order valence-corrected chi connectivity index (χ4v) is 1.28. The molecule has 1 aromatic rings. The van der Waals surface area contributed by atoms with Crippen molar-refractivity contribution in [3.63, 3.8) is 0 Å². The first kappa shape index (κ1) is 8.14. The standard InChI is InChI=1S/C8H8O2S/c1-6(9)11-8-4-2-7(10)3-5-8/h2-5,10H,1H3. The second-order valence-electron chi connectivity index (χ2n) is 2.09. The Bertz CT molecular complexity index is 253. The van der Waals surface area contributed by atoms with Crippen LogP contribution in [0.25, 0.3) is 0 Å². The van der Waals surface area contributed by atoms with Crippen molar-refractivity contribution >= 4 is 16.9 Å². The van der Waals surface area contributed by atoms with E-state index in [4.69, 9.17) is 5.11 Å². The number of hydrogen-bond donors (Lipinski definition) is 1. The van der Waals surface area contributed by atoms with Crippen molar-refractivity contribution in [1.29, 1.82) is 0 Å². The Morgan fingerprint density at radius 3 is 2.36 bits per heavy atom. The Morgan fingerprint density at radius 2 is 1.91 bits per heavy atom. The number of carbonyl (C=O) groups excluding carboxylic acids is 1. The third kappa shape index (κ3) is 2.63. The molecule has 0 unspecified atom stereocenters. The lowest BCUT2D eigenvalue weighted by Gasteiger charge is -1.95. The first-order valence-corrected chi connectivity index (χ1v) is 3.97. The Labute approximate surface area is 69.2 Å². The molecule has 0 aliphatic rings. The molecule has 0 bridgehead atoms. The van der Waals surface area contributed by atoms with E-state index < -0.39 is 0 Å². The second-order valence-corrected chi connectivity index (χ2v) is 3.34. The van der Waals surface area contributed by atoms with E-state index in [9.17, 15) is 4.79 Å². The van der Waals surface area contributed by atoms with Crippen molar-refractivity contribution in [2.24, 2.45) is 0 Å². The molecular formula is C8H8O2S. The van der Waals surface area contributed by atoms with Gasteiger partial charge in [0, 0.05) is 11.8 Å². The summed E-state index contributed by atoms with van der Waals surface area (Å²) in [6, 6.07) is 6.54. The largest absolute Gasteiger partial charge is 0.508 e. The number of rotatable bonds is 1. The molecular weight excluding hydrogens is 160 g/mol. The first-order chi connectivity index (χ1) is 5.18. The summed E-state index contributed by atoms with van der Waals surface area (Å²) >= 11 is 1.16. The lowest BCUT2D eigenvalue weighted by molar-refractivity contribution is -0.109. The SMILES string of the molecule is CC(=O)Sc1ccc(O)cc1. The maximum absolute atomic E-state index is 10.6. The molecule has 3 heteroatoms. The Balaban J connectivity index is 2.74. The molecule has 0 saturated heterocycles. The number of aromatic hydroxyl groups is 1.